The third kappa shape index (κ3) is 3.98. The third-order valence-corrected chi connectivity index (χ3v) is 4.75. The number of aryl methyl sites for hydroxylation is 1. The summed E-state index contributed by atoms with van der Waals surface area (Å²) in [5.41, 5.74) is -0.402. The van der Waals surface area contributed by atoms with Gasteiger partial charge in [0, 0.05) is 18.7 Å². The van der Waals surface area contributed by atoms with E-state index in [1.807, 2.05) is 0 Å². The molecular weight excluding hydrogens is 389 g/mol. The first-order valence-electron chi connectivity index (χ1n) is 9.00. The molecule has 1 atom stereocenters. The molecule has 1 fully saturated rings. The van der Waals surface area contributed by atoms with E-state index >= 15 is 0 Å². The Kier molecular flexibility index (Phi) is 4.81. The minimum Gasteiger partial charge on any atom is -0.337 e. The Morgan fingerprint density at radius 3 is 2.86 bits per heavy atom. The number of alkyl halides is 3. The third-order valence-electron chi connectivity index (χ3n) is 4.75. The molecule has 0 spiro atoms. The molecule has 0 saturated carbocycles. The van der Waals surface area contributed by atoms with Crippen LogP contribution >= 0.6 is 0 Å². The maximum absolute atomic E-state index is 12.9. The largest absolute Gasteiger partial charge is 0.416 e. The van der Waals surface area contributed by atoms with E-state index in [0.29, 0.717) is 31.0 Å². The summed E-state index contributed by atoms with van der Waals surface area (Å²) in [6.07, 6.45) is -1.37. The van der Waals surface area contributed by atoms with Crippen molar-refractivity contribution in [2.24, 2.45) is 0 Å². The molecule has 1 aromatic carbocycles. The average Bonchev–Trinajstić information content (AvgIpc) is 3.36. The standard InChI is InChI=1S/C18H17F3N6O2/c1-11-22-16(29-24-11)15-10-27(25-23-15)14-6-3-7-26(9-14)17(28)12-4-2-5-13(8-12)18(19,20)21/h2,4-5,8,10,14H,3,6-7,9H2,1H3/t14-/m0/s1. The van der Waals surface area contributed by atoms with E-state index in [4.69, 9.17) is 4.52 Å². The number of benzene rings is 1. The molecule has 0 bridgehead atoms. The zero-order valence-corrected chi connectivity index (χ0v) is 15.4. The Morgan fingerprint density at radius 2 is 2.14 bits per heavy atom. The summed E-state index contributed by atoms with van der Waals surface area (Å²) >= 11 is 0. The van der Waals surface area contributed by atoms with Gasteiger partial charge >= 0.3 is 6.18 Å². The number of hydrogen-bond acceptors (Lipinski definition) is 6. The number of nitrogens with zero attached hydrogens (tertiary/aromatic N) is 6. The van der Waals surface area contributed by atoms with E-state index in [2.05, 4.69) is 20.5 Å². The fourth-order valence-electron chi connectivity index (χ4n) is 3.32. The highest BCUT2D eigenvalue weighted by Crippen LogP contribution is 2.30. The highest BCUT2D eigenvalue weighted by Gasteiger charge is 2.32. The monoisotopic (exact) mass is 406 g/mol. The second-order valence-corrected chi connectivity index (χ2v) is 6.86. The van der Waals surface area contributed by atoms with Gasteiger partial charge in [-0.05, 0) is 38.0 Å². The van der Waals surface area contributed by atoms with E-state index in [-0.39, 0.29) is 17.5 Å². The van der Waals surface area contributed by atoms with Crippen molar-refractivity contribution in [1.82, 2.24) is 30.0 Å². The van der Waals surface area contributed by atoms with Crippen LogP contribution in [0.15, 0.2) is 35.0 Å². The number of piperidine rings is 1. The lowest BCUT2D eigenvalue weighted by Crippen LogP contribution is -2.41. The van der Waals surface area contributed by atoms with Crippen molar-refractivity contribution in [3.05, 3.63) is 47.4 Å². The van der Waals surface area contributed by atoms with Crippen molar-refractivity contribution in [3.8, 4) is 11.6 Å². The van der Waals surface area contributed by atoms with Crippen molar-refractivity contribution in [3.63, 3.8) is 0 Å². The Balaban J connectivity index is 1.50. The summed E-state index contributed by atoms with van der Waals surface area (Å²) in [5.74, 6) is 0.292. The molecule has 4 rings (SSSR count). The van der Waals surface area contributed by atoms with Crippen LogP contribution in [-0.2, 0) is 6.18 Å². The minimum atomic E-state index is -4.50. The Bertz CT molecular complexity index is 1030. The number of carbonyl (C=O) groups is 1. The lowest BCUT2D eigenvalue weighted by atomic mass is 10.0. The van der Waals surface area contributed by atoms with Crippen LogP contribution in [-0.4, -0.2) is 49.0 Å². The fraction of sp³-hybridized carbons (Fsp3) is 0.389. The maximum Gasteiger partial charge on any atom is 0.416 e. The minimum absolute atomic E-state index is 0.0149. The van der Waals surface area contributed by atoms with Gasteiger partial charge in [-0.2, -0.15) is 18.2 Å². The van der Waals surface area contributed by atoms with Gasteiger partial charge in [-0.15, -0.1) is 5.10 Å². The lowest BCUT2D eigenvalue weighted by molar-refractivity contribution is -0.137. The van der Waals surface area contributed by atoms with Crippen LogP contribution in [0.1, 0.15) is 40.6 Å². The highest BCUT2D eigenvalue weighted by molar-refractivity contribution is 5.94. The number of hydrogen-bond donors (Lipinski definition) is 0. The second kappa shape index (κ2) is 7.30. The molecule has 1 aliphatic rings. The molecule has 1 aliphatic heterocycles. The van der Waals surface area contributed by atoms with E-state index in [0.717, 1.165) is 18.6 Å². The molecule has 152 valence electrons. The molecule has 8 nitrogen and oxygen atoms in total. The molecular formula is C18H17F3N6O2. The lowest BCUT2D eigenvalue weighted by Gasteiger charge is -2.32. The number of rotatable bonds is 3. The van der Waals surface area contributed by atoms with Crippen LogP contribution in [0, 0.1) is 6.92 Å². The summed E-state index contributed by atoms with van der Waals surface area (Å²) in [5, 5.41) is 11.8. The van der Waals surface area contributed by atoms with Gasteiger partial charge in [-0.1, -0.05) is 16.4 Å². The van der Waals surface area contributed by atoms with Gasteiger partial charge < -0.3 is 9.42 Å². The SMILES string of the molecule is Cc1noc(-c2cn([C@H]3CCCN(C(=O)c4cccc(C(F)(F)F)c4)C3)nn2)n1. The summed E-state index contributed by atoms with van der Waals surface area (Å²) < 4.78 is 45.5. The molecule has 0 unspecified atom stereocenters. The predicted octanol–water partition coefficient (Wildman–Crippen LogP) is 3.13. The summed E-state index contributed by atoms with van der Waals surface area (Å²) in [6, 6.07) is 4.33. The van der Waals surface area contributed by atoms with E-state index in [1.165, 1.54) is 12.1 Å². The van der Waals surface area contributed by atoms with Gasteiger partial charge in [-0.25, -0.2) is 4.68 Å². The van der Waals surface area contributed by atoms with Gasteiger partial charge in [-0.3, -0.25) is 4.79 Å². The first-order valence-corrected chi connectivity index (χ1v) is 9.00. The van der Waals surface area contributed by atoms with Gasteiger partial charge in [0.1, 0.15) is 0 Å². The first kappa shape index (κ1) is 19.1. The summed E-state index contributed by atoms with van der Waals surface area (Å²) in [7, 11) is 0. The smallest absolute Gasteiger partial charge is 0.337 e. The molecule has 2 aromatic heterocycles. The zero-order valence-electron chi connectivity index (χ0n) is 15.4. The zero-order chi connectivity index (χ0) is 20.6. The van der Waals surface area contributed by atoms with Crippen molar-refractivity contribution in [1.29, 1.82) is 0 Å². The normalized spacial score (nSPS) is 17.5. The average molecular weight is 406 g/mol. The van der Waals surface area contributed by atoms with Crippen LogP contribution < -0.4 is 0 Å². The maximum atomic E-state index is 12.9. The Morgan fingerprint density at radius 1 is 1.31 bits per heavy atom. The van der Waals surface area contributed by atoms with Crippen molar-refractivity contribution >= 4 is 5.91 Å². The predicted molar refractivity (Wildman–Crippen MR) is 93.7 cm³/mol. The molecule has 0 radical (unpaired) electrons. The number of likely N-dealkylation sites (tertiary alicyclic amines) is 1. The van der Waals surface area contributed by atoms with Crippen LogP contribution in [0.5, 0.6) is 0 Å². The van der Waals surface area contributed by atoms with Gasteiger partial charge in [0.2, 0.25) is 0 Å². The molecule has 0 N–H and O–H groups in total. The van der Waals surface area contributed by atoms with Crippen LogP contribution in [0.2, 0.25) is 0 Å². The molecule has 3 aromatic rings. The summed E-state index contributed by atoms with van der Waals surface area (Å²) in [6.45, 7) is 2.48. The number of amides is 1. The summed E-state index contributed by atoms with van der Waals surface area (Å²) in [4.78, 5) is 18.4. The molecule has 1 amide bonds. The van der Waals surface area contributed by atoms with Gasteiger partial charge in [0.05, 0.1) is 17.8 Å². The number of aromatic nitrogens is 5. The van der Waals surface area contributed by atoms with Crippen molar-refractivity contribution in [2.45, 2.75) is 32.0 Å². The van der Waals surface area contributed by atoms with E-state index < -0.39 is 17.6 Å². The Hall–Kier alpha value is -3.24. The van der Waals surface area contributed by atoms with Crippen molar-refractivity contribution < 1.29 is 22.5 Å². The van der Waals surface area contributed by atoms with Crippen LogP contribution in [0.25, 0.3) is 11.6 Å². The topological polar surface area (TPSA) is 89.9 Å². The van der Waals surface area contributed by atoms with Gasteiger partial charge in [0.15, 0.2) is 11.5 Å². The number of halogens is 3. The van der Waals surface area contributed by atoms with Crippen LogP contribution in [0.4, 0.5) is 13.2 Å². The molecule has 1 saturated heterocycles. The molecule has 29 heavy (non-hydrogen) atoms. The second-order valence-electron chi connectivity index (χ2n) is 6.86. The first-order chi connectivity index (χ1) is 13.8. The molecule has 11 heteroatoms. The molecule has 3 heterocycles. The number of carbonyl (C=O) groups excluding carboxylic acids is 1. The molecule has 0 aliphatic carbocycles. The van der Waals surface area contributed by atoms with E-state index in [9.17, 15) is 18.0 Å². The quantitative estimate of drug-likeness (QED) is 0.664. The fourth-order valence-corrected chi connectivity index (χ4v) is 3.32. The van der Waals surface area contributed by atoms with Crippen LogP contribution in [0.3, 0.4) is 0 Å². The highest BCUT2D eigenvalue weighted by atomic mass is 19.4. The van der Waals surface area contributed by atoms with Crippen molar-refractivity contribution in [2.75, 3.05) is 13.1 Å². The van der Waals surface area contributed by atoms with E-state index in [1.54, 1.807) is 22.7 Å². The Labute approximate surface area is 163 Å². The van der Waals surface area contributed by atoms with Gasteiger partial charge in [0.25, 0.3) is 11.8 Å².